The Balaban J connectivity index is 1.82. The number of aliphatic imine (C=N–C) groups is 1. The highest BCUT2D eigenvalue weighted by Crippen LogP contribution is 2.34. The van der Waals surface area contributed by atoms with Crippen LogP contribution in [0.4, 0.5) is 5.69 Å². The van der Waals surface area contributed by atoms with Crippen LogP contribution in [-0.2, 0) is 14.3 Å². The van der Waals surface area contributed by atoms with E-state index in [1.54, 1.807) is 55.6 Å². The molecule has 0 radical (unpaired) electrons. The molecule has 0 aliphatic carbocycles. The van der Waals surface area contributed by atoms with Gasteiger partial charge in [-0.05, 0) is 69.7 Å². The molecule has 0 aromatic heterocycles. The number of ether oxygens (including phenoxy) is 2. The molecule has 31 heavy (non-hydrogen) atoms. The van der Waals surface area contributed by atoms with Gasteiger partial charge < -0.3 is 15.2 Å². The number of hydrogen-bond donors (Lipinski definition) is 1. The van der Waals surface area contributed by atoms with Crippen molar-refractivity contribution in [2.75, 3.05) is 20.8 Å². The largest absolute Gasteiger partial charge is 0.483 e. The molecular weight excluding hydrogens is 486 g/mol. The Hall–Kier alpha value is -3.11. The van der Waals surface area contributed by atoms with Gasteiger partial charge in [0, 0.05) is 7.05 Å². The van der Waals surface area contributed by atoms with E-state index >= 15 is 0 Å². The van der Waals surface area contributed by atoms with Crippen LogP contribution in [0.1, 0.15) is 15.9 Å². The maximum absolute atomic E-state index is 12.7. The highest BCUT2D eigenvalue weighted by Gasteiger charge is 2.30. The summed E-state index contributed by atoms with van der Waals surface area (Å²) in [5.41, 5.74) is 6.76. The highest BCUT2D eigenvalue weighted by molar-refractivity contribution is 9.10. The number of methoxy groups -OCH3 is 1. The van der Waals surface area contributed by atoms with Crippen LogP contribution in [0.25, 0.3) is 6.08 Å². The molecule has 2 N–H and O–H groups in total. The molecule has 10 heteroatoms. The Morgan fingerprint density at radius 2 is 2.03 bits per heavy atom. The molecule has 8 nitrogen and oxygen atoms in total. The molecule has 0 bridgehead atoms. The van der Waals surface area contributed by atoms with E-state index in [-0.39, 0.29) is 12.5 Å². The van der Waals surface area contributed by atoms with Crippen molar-refractivity contribution in [2.24, 2.45) is 10.7 Å². The summed E-state index contributed by atoms with van der Waals surface area (Å²) in [6, 6.07) is 11.9. The summed E-state index contributed by atoms with van der Waals surface area (Å²) in [6.07, 6.45) is 1.74. The number of rotatable bonds is 6. The van der Waals surface area contributed by atoms with Crippen molar-refractivity contribution in [1.82, 2.24) is 4.90 Å². The van der Waals surface area contributed by atoms with E-state index < -0.39 is 11.9 Å². The van der Waals surface area contributed by atoms with Crippen molar-refractivity contribution < 1.29 is 23.9 Å². The van der Waals surface area contributed by atoms with Crippen LogP contribution in [0.2, 0.25) is 0 Å². The van der Waals surface area contributed by atoms with Gasteiger partial charge in [0.25, 0.3) is 11.8 Å². The number of amidine groups is 1. The van der Waals surface area contributed by atoms with Crippen LogP contribution in [0.3, 0.4) is 0 Å². The van der Waals surface area contributed by atoms with E-state index in [4.69, 9.17) is 15.2 Å². The van der Waals surface area contributed by atoms with Gasteiger partial charge in [-0.2, -0.15) is 0 Å². The van der Waals surface area contributed by atoms with Crippen molar-refractivity contribution in [3.63, 3.8) is 0 Å². The first kappa shape index (κ1) is 22.6. The van der Waals surface area contributed by atoms with Crippen LogP contribution in [0.5, 0.6) is 5.75 Å². The normalized spacial score (nSPS) is 16.1. The Bertz CT molecular complexity index is 1120. The van der Waals surface area contributed by atoms with E-state index in [9.17, 15) is 14.4 Å². The number of likely N-dealkylation sites (N-methyl/N-ethyl adjacent to an activating group) is 1. The van der Waals surface area contributed by atoms with Crippen LogP contribution < -0.4 is 10.5 Å². The lowest BCUT2D eigenvalue weighted by atomic mass is 10.2. The average molecular weight is 504 g/mol. The minimum Gasteiger partial charge on any atom is -0.483 e. The fourth-order valence-corrected chi connectivity index (χ4v) is 4.10. The molecule has 160 valence electrons. The van der Waals surface area contributed by atoms with Gasteiger partial charge in [-0.3, -0.25) is 14.5 Å². The fourth-order valence-electron chi connectivity index (χ4n) is 2.61. The molecule has 2 aromatic carbocycles. The number of esters is 1. The Labute approximate surface area is 191 Å². The molecule has 0 atom stereocenters. The van der Waals surface area contributed by atoms with Gasteiger partial charge in [-0.25, -0.2) is 9.79 Å². The number of hydrogen-bond acceptors (Lipinski definition) is 7. The summed E-state index contributed by atoms with van der Waals surface area (Å²) in [6.45, 7) is -0.227. The van der Waals surface area contributed by atoms with Gasteiger partial charge >= 0.3 is 5.97 Å². The first-order valence-corrected chi connectivity index (χ1v) is 10.5. The summed E-state index contributed by atoms with van der Waals surface area (Å²) in [7, 11) is 2.95. The zero-order valence-electron chi connectivity index (χ0n) is 16.6. The van der Waals surface area contributed by atoms with Crippen LogP contribution in [0, 0.1) is 0 Å². The van der Waals surface area contributed by atoms with Crippen molar-refractivity contribution in [2.45, 2.75) is 0 Å². The number of amides is 2. The molecule has 1 aliphatic rings. The second-order valence-corrected chi connectivity index (χ2v) is 8.22. The van der Waals surface area contributed by atoms with E-state index in [0.29, 0.717) is 31.5 Å². The maximum atomic E-state index is 12.7. The zero-order valence-corrected chi connectivity index (χ0v) is 19.0. The molecule has 0 unspecified atom stereocenters. The molecule has 3 rings (SSSR count). The number of benzene rings is 2. The molecule has 2 aromatic rings. The third kappa shape index (κ3) is 5.53. The van der Waals surface area contributed by atoms with Gasteiger partial charge in [0.2, 0.25) is 0 Å². The molecule has 1 fully saturated rings. The third-order valence-corrected chi connectivity index (χ3v) is 5.80. The average Bonchev–Trinajstić information content (AvgIpc) is 3.00. The molecule has 0 spiro atoms. The molecule has 0 saturated carbocycles. The van der Waals surface area contributed by atoms with Crippen LogP contribution in [0.15, 0.2) is 56.8 Å². The summed E-state index contributed by atoms with van der Waals surface area (Å²) in [4.78, 5) is 41.7. The lowest BCUT2D eigenvalue weighted by Crippen LogP contribution is -2.23. The van der Waals surface area contributed by atoms with E-state index in [1.807, 2.05) is 0 Å². The second-order valence-electron chi connectivity index (χ2n) is 6.36. The number of carbonyl (C=O) groups is 3. The highest BCUT2D eigenvalue weighted by atomic mass is 79.9. The van der Waals surface area contributed by atoms with Gasteiger partial charge in [0.15, 0.2) is 11.8 Å². The number of carbonyl (C=O) groups excluding carboxylic acids is 3. The fraction of sp³-hybridized carbons (Fsp3) is 0.143. The van der Waals surface area contributed by atoms with Gasteiger partial charge in [-0.15, -0.1) is 0 Å². The maximum Gasteiger partial charge on any atom is 0.337 e. The first-order chi connectivity index (χ1) is 14.8. The van der Waals surface area contributed by atoms with E-state index in [1.165, 1.54) is 23.8 Å². The summed E-state index contributed by atoms with van der Waals surface area (Å²) < 4.78 is 10.7. The van der Waals surface area contributed by atoms with Crippen LogP contribution >= 0.6 is 27.7 Å². The molecule has 1 saturated heterocycles. The van der Waals surface area contributed by atoms with Crippen LogP contribution in [-0.4, -0.2) is 48.6 Å². The number of thioether (sulfide) groups is 1. The van der Waals surface area contributed by atoms with E-state index in [0.717, 1.165) is 5.56 Å². The minimum absolute atomic E-state index is 0.196. The summed E-state index contributed by atoms with van der Waals surface area (Å²) in [5.74, 6) is -0.757. The number of halogens is 1. The smallest absolute Gasteiger partial charge is 0.337 e. The quantitative estimate of drug-likeness (QED) is 0.477. The predicted octanol–water partition coefficient (Wildman–Crippen LogP) is 3.33. The third-order valence-electron chi connectivity index (χ3n) is 4.12. The minimum atomic E-state index is -0.571. The number of nitrogens with zero attached hydrogens (tertiary/aromatic N) is 2. The number of nitrogens with two attached hydrogens (primary N) is 1. The lowest BCUT2D eigenvalue weighted by Gasteiger charge is -2.08. The van der Waals surface area contributed by atoms with E-state index in [2.05, 4.69) is 20.9 Å². The molecular formula is C21H18BrN3O5S. The van der Waals surface area contributed by atoms with Gasteiger partial charge in [0.1, 0.15) is 5.75 Å². The topological polar surface area (TPSA) is 111 Å². The monoisotopic (exact) mass is 503 g/mol. The first-order valence-electron chi connectivity index (χ1n) is 8.94. The van der Waals surface area contributed by atoms with Gasteiger partial charge in [0.05, 0.1) is 27.7 Å². The second kappa shape index (κ2) is 9.80. The Morgan fingerprint density at radius 1 is 1.26 bits per heavy atom. The van der Waals surface area contributed by atoms with Crippen molar-refractivity contribution >= 4 is 62.4 Å². The number of primary amides is 1. The molecule has 1 aliphatic heterocycles. The summed E-state index contributed by atoms with van der Waals surface area (Å²) in [5, 5.41) is 0.485. The lowest BCUT2D eigenvalue weighted by molar-refractivity contribution is -0.121. The summed E-state index contributed by atoms with van der Waals surface area (Å²) >= 11 is 4.61. The molecule has 2 amide bonds. The van der Waals surface area contributed by atoms with Gasteiger partial charge in [-0.1, -0.05) is 12.1 Å². The predicted molar refractivity (Wildman–Crippen MR) is 122 cm³/mol. The molecule has 1 heterocycles. The zero-order chi connectivity index (χ0) is 22.5. The standard InChI is InChI=1S/C21H18BrN3O5S/c1-25-19(27)17(9-12-6-7-16(15(22)8-12)30-11-18(23)26)31-21(25)24-14-5-3-4-13(10-14)20(28)29-2/h3-10H,11H2,1-2H3,(H2,23,26). The van der Waals surface area contributed by atoms with Crippen molar-refractivity contribution in [3.8, 4) is 5.75 Å². The Morgan fingerprint density at radius 3 is 2.71 bits per heavy atom. The SMILES string of the molecule is COC(=O)c1cccc(N=C2SC(=Cc3ccc(OCC(N)=O)c(Br)c3)C(=O)N2C)c1. The van der Waals surface area contributed by atoms with Crippen molar-refractivity contribution in [3.05, 3.63) is 63.0 Å². The Kier molecular flexibility index (Phi) is 7.13. The van der Waals surface area contributed by atoms with Crippen molar-refractivity contribution in [1.29, 1.82) is 0 Å².